The quantitative estimate of drug-likeness (QED) is 0.911. The summed E-state index contributed by atoms with van der Waals surface area (Å²) >= 11 is 0. The smallest absolute Gasteiger partial charge is 0.226 e. The van der Waals surface area contributed by atoms with Gasteiger partial charge in [0.25, 0.3) is 0 Å². The molecule has 25 heavy (non-hydrogen) atoms. The number of hydrogen-bond acceptors (Lipinski definition) is 3. The molecule has 4 rings (SSSR count). The fourth-order valence-electron chi connectivity index (χ4n) is 3.95. The lowest BCUT2D eigenvalue weighted by atomic mass is 9.87. The molecule has 132 valence electrons. The van der Waals surface area contributed by atoms with Gasteiger partial charge in [-0.1, -0.05) is 30.3 Å². The summed E-state index contributed by atoms with van der Waals surface area (Å²) < 4.78 is 5.79. The molecule has 0 unspecified atom stereocenters. The van der Waals surface area contributed by atoms with E-state index in [1.807, 2.05) is 29.3 Å². The minimum absolute atomic E-state index is 0.0399. The first-order chi connectivity index (χ1) is 12.3. The standard InChI is InChI=1S/C20H25N3O2/c24-20(16-8-9-17-12-21-22-19(17)11-16)23(14-18-7-4-10-25-18)13-15-5-2-1-3-6-15/h1-3,5-6,12,16,18H,4,7-11,13-14H2,(H,21,22)/t16-,18-/m0/s1. The van der Waals surface area contributed by atoms with Gasteiger partial charge in [0.2, 0.25) is 5.91 Å². The second-order valence-corrected chi connectivity index (χ2v) is 7.15. The summed E-state index contributed by atoms with van der Waals surface area (Å²) in [6.07, 6.45) is 6.82. The zero-order valence-electron chi connectivity index (χ0n) is 14.5. The maximum atomic E-state index is 13.3. The highest BCUT2D eigenvalue weighted by molar-refractivity contribution is 5.79. The molecule has 2 aliphatic rings. The number of carbonyl (C=O) groups excluding carboxylic acids is 1. The van der Waals surface area contributed by atoms with E-state index in [0.717, 1.165) is 44.4 Å². The van der Waals surface area contributed by atoms with Crippen molar-refractivity contribution in [2.45, 2.75) is 44.8 Å². The summed E-state index contributed by atoms with van der Waals surface area (Å²) in [7, 11) is 0. The van der Waals surface area contributed by atoms with Gasteiger partial charge in [-0.3, -0.25) is 9.89 Å². The Morgan fingerprint density at radius 2 is 2.16 bits per heavy atom. The predicted octanol–water partition coefficient (Wildman–Crippen LogP) is 2.72. The molecular formula is C20H25N3O2. The van der Waals surface area contributed by atoms with Crippen LogP contribution in [0, 0.1) is 5.92 Å². The topological polar surface area (TPSA) is 58.2 Å². The molecule has 0 bridgehead atoms. The molecule has 2 heterocycles. The number of aromatic nitrogens is 2. The molecule has 2 atom stereocenters. The van der Waals surface area contributed by atoms with Crippen molar-refractivity contribution in [2.75, 3.05) is 13.2 Å². The van der Waals surface area contributed by atoms with Crippen molar-refractivity contribution < 1.29 is 9.53 Å². The summed E-state index contributed by atoms with van der Waals surface area (Å²) in [5.41, 5.74) is 3.56. The van der Waals surface area contributed by atoms with Crippen LogP contribution in [0.15, 0.2) is 36.5 Å². The highest BCUT2D eigenvalue weighted by Gasteiger charge is 2.31. The number of ether oxygens (including phenoxy) is 1. The van der Waals surface area contributed by atoms with E-state index in [0.29, 0.717) is 13.1 Å². The van der Waals surface area contributed by atoms with Crippen LogP contribution in [0.25, 0.3) is 0 Å². The van der Waals surface area contributed by atoms with Crippen LogP contribution in [-0.4, -0.2) is 40.3 Å². The molecule has 0 radical (unpaired) electrons. The minimum Gasteiger partial charge on any atom is -0.376 e. The number of nitrogens with zero attached hydrogens (tertiary/aromatic N) is 2. The Kier molecular flexibility index (Phi) is 4.83. The molecule has 1 saturated heterocycles. The van der Waals surface area contributed by atoms with Crippen LogP contribution in [-0.2, 0) is 28.9 Å². The van der Waals surface area contributed by atoms with Crippen molar-refractivity contribution in [1.29, 1.82) is 0 Å². The van der Waals surface area contributed by atoms with Crippen molar-refractivity contribution in [3.63, 3.8) is 0 Å². The number of nitrogens with one attached hydrogen (secondary N) is 1. The summed E-state index contributed by atoms with van der Waals surface area (Å²) in [4.78, 5) is 15.3. The van der Waals surface area contributed by atoms with Gasteiger partial charge in [-0.15, -0.1) is 0 Å². The maximum Gasteiger partial charge on any atom is 0.226 e. The molecule has 0 saturated carbocycles. The number of amides is 1. The summed E-state index contributed by atoms with van der Waals surface area (Å²) in [5.74, 6) is 0.290. The number of aryl methyl sites for hydroxylation is 1. The fourth-order valence-corrected chi connectivity index (χ4v) is 3.95. The lowest BCUT2D eigenvalue weighted by Gasteiger charge is -2.31. The van der Waals surface area contributed by atoms with Crippen molar-refractivity contribution in [3.05, 3.63) is 53.3 Å². The Balaban J connectivity index is 1.49. The van der Waals surface area contributed by atoms with Gasteiger partial charge in [0.05, 0.1) is 12.3 Å². The highest BCUT2D eigenvalue weighted by atomic mass is 16.5. The Labute approximate surface area is 148 Å². The second-order valence-electron chi connectivity index (χ2n) is 7.15. The van der Waals surface area contributed by atoms with E-state index in [1.54, 1.807) is 0 Å². The highest BCUT2D eigenvalue weighted by Crippen LogP contribution is 2.26. The molecular weight excluding hydrogens is 314 g/mol. The molecule has 1 amide bonds. The van der Waals surface area contributed by atoms with Gasteiger partial charge >= 0.3 is 0 Å². The molecule has 1 aliphatic heterocycles. The lowest BCUT2D eigenvalue weighted by Crippen LogP contribution is -2.42. The van der Waals surface area contributed by atoms with E-state index in [9.17, 15) is 4.79 Å². The van der Waals surface area contributed by atoms with Crippen LogP contribution in [0.3, 0.4) is 0 Å². The summed E-state index contributed by atoms with van der Waals surface area (Å²) in [5, 5.41) is 7.18. The van der Waals surface area contributed by atoms with E-state index >= 15 is 0 Å². The molecule has 5 nitrogen and oxygen atoms in total. The van der Waals surface area contributed by atoms with Gasteiger partial charge in [0, 0.05) is 37.7 Å². The average Bonchev–Trinajstić information content (AvgIpc) is 3.32. The molecule has 1 aromatic heterocycles. The third-order valence-corrected chi connectivity index (χ3v) is 5.35. The van der Waals surface area contributed by atoms with Crippen molar-refractivity contribution >= 4 is 5.91 Å². The number of carbonyl (C=O) groups is 1. The molecule has 2 aromatic rings. The predicted molar refractivity (Wildman–Crippen MR) is 94.9 cm³/mol. The third-order valence-electron chi connectivity index (χ3n) is 5.35. The van der Waals surface area contributed by atoms with Crippen molar-refractivity contribution in [3.8, 4) is 0 Å². The third kappa shape index (κ3) is 3.76. The first-order valence-electron chi connectivity index (χ1n) is 9.25. The normalized spacial score (nSPS) is 22.6. The Bertz CT molecular complexity index is 707. The van der Waals surface area contributed by atoms with Gasteiger partial charge in [0.15, 0.2) is 0 Å². The molecule has 1 N–H and O–H groups in total. The van der Waals surface area contributed by atoms with Gasteiger partial charge in [-0.25, -0.2) is 0 Å². The summed E-state index contributed by atoms with van der Waals surface area (Å²) in [6, 6.07) is 10.2. The molecule has 0 spiro atoms. The Morgan fingerprint density at radius 3 is 2.96 bits per heavy atom. The number of hydrogen-bond donors (Lipinski definition) is 1. The van der Waals surface area contributed by atoms with E-state index in [1.165, 1.54) is 11.1 Å². The zero-order valence-corrected chi connectivity index (χ0v) is 14.5. The monoisotopic (exact) mass is 339 g/mol. The van der Waals surface area contributed by atoms with E-state index in [4.69, 9.17) is 4.74 Å². The number of fused-ring (bicyclic) bond motifs is 1. The number of benzene rings is 1. The lowest BCUT2D eigenvalue weighted by molar-refractivity contribution is -0.138. The fraction of sp³-hybridized carbons (Fsp3) is 0.500. The zero-order chi connectivity index (χ0) is 17.1. The van der Waals surface area contributed by atoms with Crippen LogP contribution in [0.4, 0.5) is 0 Å². The summed E-state index contributed by atoms with van der Waals surface area (Å²) in [6.45, 7) is 2.17. The maximum absolute atomic E-state index is 13.3. The van der Waals surface area contributed by atoms with Gasteiger partial charge in [0.1, 0.15) is 0 Å². The van der Waals surface area contributed by atoms with E-state index in [-0.39, 0.29) is 17.9 Å². The van der Waals surface area contributed by atoms with Crippen LogP contribution in [0.2, 0.25) is 0 Å². The van der Waals surface area contributed by atoms with Crippen LogP contribution in [0.5, 0.6) is 0 Å². The number of aromatic amines is 1. The van der Waals surface area contributed by atoms with Crippen molar-refractivity contribution in [1.82, 2.24) is 15.1 Å². The molecule has 1 aliphatic carbocycles. The number of H-pyrrole nitrogens is 1. The molecule has 1 fully saturated rings. The Morgan fingerprint density at radius 1 is 1.28 bits per heavy atom. The van der Waals surface area contributed by atoms with Crippen molar-refractivity contribution in [2.24, 2.45) is 5.92 Å². The average molecular weight is 339 g/mol. The minimum atomic E-state index is 0.0399. The van der Waals surface area contributed by atoms with Crippen LogP contribution >= 0.6 is 0 Å². The first kappa shape index (κ1) is 16.3. The molecule has 1 aromatic carbocycles. The van der Waals surface area contributed by atoms with Gasteiger partial charge < -0.3 is 9.64 Å². The van der Waals surface area contributed by atoms with Crippen LogP contribution in [0.1, 0.15) is 36.1 Å². The second kappa shape index (κ2) is 7.40. The van der Waals surface area contributed by atoms with Gasteiger partial charge in [-0.2, -0.15) is 5.10 Å². The largest absolute Gasteiger partial charge is 0.376 e. The first-order valence-corrected chi connectivity index (χ1v) is 9.25. The van der Waals surface area contributed by atoms with E-state index in [2.05, 4.69) is 22.3 Å². The molecule has 5 heteroatoms. The van der Waals surface area contributed by atoms with Gasteiger partial charge in [-0.05, 0) is 36.8 Å². The van der Waals surface area contributed by atoms with Crippen LogP contribution < -0.4 is 0 Å². The number of rotatable bonds is 5. The van der Waals surface area contributed by atoms with E-state index < -0.39 is 0 Å². The SMILES string of the molecule is O=C([C@H]1CCc2cn[nH]c2C1)N(Cc1ccccc1)C[C@@H]1CCCO1. The Hall–Kier alpha value is -2.14.